The fourth-order valence-corrected chi connectivity index (χ4v) is 1.94. The van der Waals surface area contributed by atoms with Crippen LogP contribution in [0.25, 0.3) is 10.8 Å². The fourth-order valence-electron chi connectivity index (χ4n) is 1.94. The van der Waals surface area contributed by atoms with Gasteiger partial charge in [-0.25, -0.2) is 0 Å². The molecule has 0 aliphatic rings. The smallest absolute Gasteiger partial charge is 0.188 e. The summed E-state index contributed by atoms with van der Waals surface area (Å²) in [6.07, 6.45) is -0.558. The van der Waals surface area contributed by atoms with Crippen LogP contribution in [0.4, 0.5) is 0 Å². The second kappa shape index (κ2) is 5.82. The summed E-state index contributed by atoms with van der Waals surface area (Å²) in [5.41, 5.74) is 0.475. The summed E-state index contributed by atoms with van der Waals surface area (Å²) < 4.78 is 5.53. The standard InChI is InChI=1S/C15H16O4/c1-10(17)9-19-15-7-6-12(14(18)8-16)11-4-2-3-5-13(11)15/h2-7,10,16-17H,8-9H2,1H3/t10-/m0/s1. The third-order valence-corrected chi connectivity index (χ3v) is 2.81. The Balaban J connectivity index is 2.49. The number of hydrogen-bond donors (Lipinski definition) is 2. The molecule has 0 aliphatic carbocycles. The van der Waals surface area contributed by atoms with Crippen molar-refractivity contribution in [2.75, 3.05) is 13.2 Å². The summed E-state index contributed by atoms with van der Waals surface area (Å²) >= 11 is 0. The number of Topliss-reactive ketones (excluding diaryl/α,β-unsaturated/α-hetero) is 1. The average Bonchev–Trinajstić information content (AvgIpc) is 2.43. The van der Waals surface area contributed by atoms with Crippen molar-refractivity contribution in [1.82, 2.24) is 0 Å². The van der Waals surface area contributed by atoms with Crippen molar-refractivity contribution < 1.29 is 19.7 Å². The van der Waals surface area contributed by atoms with Crippen LogP contribution in [0.5, 0.6) is 5.75 Å². The van der Waals surface area contributed by atoms with Gasteiger partial charge in [0, 0.05) is 10.9 Å². The molecule has 2 N–H and O–H groups in total. The Labute approximate surface area is 111 Å². The van der Waals surface area contributed by atoms with Gasteiger partial charge in [0.1, 0.15) is 19.0 Å². The maximum absolute atomic E-state index is 11.7. The van der Waals surface area contributed by atoms with Crippen LogP contribution in [0.1, 0.15) is 17.3 Å². The van der Waals surface area contributed by atoms with Crippen LogP contribution in [-0.2, 0) is 0 Å². The Morgan fingerprint density at radius 3 is 2.53 bits per heavy atom. The highest BCUT2D eigenvalue weighted by molar-refractivity contribution is 6.10. The van der Waals surface area contributed by atoms with E-state index in [1.165, 1.54) is 0 Å². The van der Waals surface area contributed by atoms with Gasteiger partial charge in [-0.05, 0) is 24.4 Å². The lowest BCUT2D eigenvalue weighted by molar-refractivity contribution is 0.0905. The molecule has 0 amide bonds. The Morgan fingerprint density at radius 2 is 1.89 bits per heavy atom. The zero-order valence-corrected chi connectivity index (χ0v) is 10.7. The van der Waals surface area contributed by atoms with Crippen LogP contribution < -0.4 is 4.74 Å². The van der Waals surface area contributed by atoms with Gasteiger partial charge < -0.3 is 14.9 Å². The maximum Gasteiger partial charge on any atom is 0.188 e. The molecule has 2 rings (SSSR count). The Morgan fingerprint density at radius 1 is 1.21 bits per heavy atom. The number of rotatable bonds is 5. The SMILES string of the molecule is C[C@H](O)COc1ccc(C(=O)CO)c2ccccc12. The molecule has 0 radical (unpaired) electrons. The predicted octanol–water partition coefficient (Wildman–Crippen LogP) is 1.77. The lowest BCUT2D eigenvalue weighted by atomic mass is 10.0. The van der Waals surface area contributed by atoms with Crippen molar-refractivity contribution in [1.29, 1.82) is 0 Å². The molecule has 2 aromatic rings. The van der Waals surface area contributed by atoms with Gasteiger partial charge in [-0.3, -0.25) is 4.79 Å². The molecular formula is C15H16O4. The van der Waals surface area contributed by atoms with Crippen molar-refractivity contribution in [2.24, 2.45) is 0 Å². The van der Waals surface area contributed by atoms with E-state index >= 15 is 0 Å². The Hall–Kier alpha value is -1.91. The van der Waals surface area contributed by atoms with Gasteiger partial charge in [0.15, 0.2) is 5.78 Å². The first-order valence-corrected chi connectivity index (χ1v) is 6.10. The number of carbonyl (C=O) groups excluding carboxylic acids is 1. The normalized spacial score (nSPS) is 12.4. The summed E-state index contributed by atoms with van der Waals surface area (Å²) in [5, 5.41) is 19.8. The van der Waals surface area contributed by atoms with E-state index in [2.05, 4.69) is 0 Å². The molecule has 0 heterocycles. The molecular weight excluding hydrogens is 244 g/mol. The second-order valence-corrected chi connectivity index (χ2v) is 4.40. The van der Waals surface area contributed by atoms with E-state index < -0.39 is 12.7 Å². The monoisotopic (exact) mass is 260 g/mol. The Kier molecular flexibility index (Phi) is 4.14. The molecule has 4 heteroatoms. The second-order valence-electron chi connectivity index (χ2n) is 4.40. The minimum absolute atomic E-state index is 0.192. The van der Waals surface area contributed by atoms with Crippen LogP contribution in [-0.4, -0.2) is 35.3 Å². The van der Waals surface area contributed by atoms with Gasteiger partial charge in [0.05, 0.1) is 6.10 Å². The largest absolute Gasteiger partial charge is 0.490 e. The summed E-state index contributed by atoms with van der Waals surface area (Å²) in [6.45, 7) is 1.32. The van der Waals surface area contributed by atoms with Crippen molar-refractivity contribution in [3.05, 3.63) is 42.0 Å². The molecule has 0 fully saturated rings. The molecule has 4 nitrogen and oxygen atoms in total. The molecule has 0 bridgehead atoms. The van der Waals surface area contributed by atoms with Gasteiger partial charge in [-0.2, -0.15) is 0 Å². The molecule has 100 valence electrons. The number of fused-ring (bicyclic) bond motifs is 1. The predicted molar refractivity (Wildman–Crippen MR) is 72.5 cm³/mol. The lowest BCUT2D eigenvalue weighted by Gasteiger charge is -2.12. The molecule has 0 aromatic heterocycles. The fraction of sp³-hybridized carbons (Fsp3) is 0.267. The first-order valence-electron chi connectivity index (χ1n) is 6.10. The zero-order valence-electron chi connectivity index (χ0n) is 10.7. The maximum atomic E-state index is 11.7. The summed E-state index contributed by atoms with van der Waals surface area (Å²) in [4.78, 5) is 11.7. The van der Waals surface area contributed by atoms with Gasteiger partial charge in [-0.15, -0.1) is 0 Å². The Bertz CT molecular complexity index is 590. The molecule has 1 atom stereocenters. The minimum Gasteiger partial charge on any atom is -0.490 e. The van der Waals surface area contributed by atoms with E-state index in [1.807, 2.05) is 24.3 Å². The molecule has 0 aliphatic heterocycles. The third-order valence-electron chi connectivity index (χ3n) is 2.81. The first-order chi connectivity index (χ1) is 9.13. The van der Waals surface area contributed by atoms with Crippen molar-refractivity contribution >= 4 is 16.6 Å². The number of hydrogen-bond acceptors (Lipinski definition) is 4. The van der Waals surface area contributed by atoms with Crippen LogP contribution in [0.3, 0.4) is 0 Å². The van der Waals surface area contributed by atoms with E-state index in [0.717, 1.165) is 10.8 Å². The van der Waals surface area contributed by atoms with Crippen molar-refractivity contribution in [3.8, 4) is 5.75 Å². The highest BCUT2D eigenvalue weighted by atomic mass is 16.5. The van der Waals surface area contributed by atoms with Crippen LogP contribution in [0, 0.1) is 0 Å². The van der Waals surface area contributed by atoms with Crippen LogP contribution in [0.15, 0.2) is 36.4 Å². The highest BCUT2D eigenvalue weighted by Gasteiger charge is 2.12. The molecule has 0 saturated heterocycles. The van der Waals surface area contributed by atoms with E-state index in [0.29, 0.717) is 11.3 Å². The lowest BCUT2D eigenvalue weighted by Crippen LogP contribution is -2.13. The number of aliphatic hydroxyl groups excluding tert-OH is 2. The minimum atomic E-state index is -0.558. The van der Waals surface area contributed by atoms with Gasteiger partial charge in [-0.1, -0.05) is 24.3 Å². The van der Waals surface area contributed by atoms with Gasteiger partial charge >= 0.3 is 0 Å². The van der Waals surface area contributed by atoms with Crippen molar-refractivity contribution in [2.45, 2.75) is 13.0 Å². The van der Waals surface area contributed by atoms with Crippen LogP contribution >= 0.6 is 0 Å². The average molecular weight is 260 g/mol. The number of aliphatic hydroxyl groups is 2. The van der Waals surface area contributed by atoms with E-state index in [1.54, 1.807) is 19.1 Å². The molecule has 2 aromatic carbocycles. The van der Waals surface area contributed by atoms with Gasteiger partial charge in [0.25, 0.3) is 0 Å². The number of carbonyl (C=O) groups is 1. The van der Waals surface area contributed by atoms with Gasteiger partial charge in [0.2, 0.25) is 0 Å². The quantitative estimate of drug-likeness (QED) is 0.804. The third kappa shape index (κ3) is 2.92. The van der Waals surface area contributed by atoms with E-state index in [-0.39, 0.29) is 12.4 Å². The van der Waals surface area contributed by atoms with Crippen molar-refractivity contribution in [3.63, 3.8) is 0 Å². The summed E-state index contributed by atoms with van der Waals surface area (Å²) in [7, 11) is 0. The first kappa shape index (κ1) is 13.5. The molecule has 0 saturated carbocycles. The summed E-state index contributed by atoms with van der Waals surface area (Å²) in [6, 6.07) is 10.7. The van der Waals surface area contributed by atoms with E-state index in [4.69, 9.17) is 9.84 Å². The molecule has 0 unspecified atom stereocenters. The molecule has 19 heavy (non-hydrogen) atoms. The molecule has 0 spiro atoms. The summed E-state index contributed by atoms with van der Waals surface area (Å²) in [5.74, 6) is 0.296. The number of ether oxygens (including phenoxy) is 1. The number of ketones is 1. The zero-order chi connectivity index (χ0) is 13.8. The van der Waals surface area contributed by atoms with E-state index in [9.17, 15) is 9.90 Å². The highest BCUT2D eigenvalue weighted by Crippen LogP contribution is 2.28. The van der Waals surface area contributed by atoms with Crippen LogP contribution in [0.2, 0.25) is 0 Å². The number of benzene rings is 2. The topological polar surface area (TPSA) is 66.8 Å².